The molecule has 0 radical (unpaired) electrons. The molecule has 6 heteroatoms. The molecule has 23 heavy (non-hydrogen) atoms. The minimum atomic E-state index is -0.150. The van der Waals surface area contributed by atoms with E-state index in [9.17, 15) is 4.79 Å². The molecule has 6 nitrogen and oxygen atoms in total. The predicted octanol–water partition coefficient (Wildman–Crippen LogP) is 3.06. The van der Waals surface area contributed by atoms with E-state index in [0.717, 1.165) is 18.6 Å². The molecule has 1 aliphatic rings. The van der Waals surface area contributed by atoms with Gasteiger partial charge < -0.3 is 24.8 Å². The first kappa shape index (κ1) is 17.2. The van der Waals surface area contributed by atoms with Gasteiger partial charge in [0, 0.05) is 12.1 Å². The van der Waals surface area contributed by atoms with Crippen LogP contribution in [0.5, 0.6) is 17.2 Å². The van der Waals surface area contributed by atoms with Crippen LogP contribution in [-0.2, 0) is 0 Å². The van der Waals surface area contributed by atoms with Gasteiger partial charge in [0.15, 0.2) is 11.5 Å². The fourth-order valence-corrected chi connectivity index (χ4v) is 2.35. The third kappa shape index (κ3) is 5.88. The first-order chi connectivity index (χ1) is 11.2. The Labute approximate surface area is 137 Å². The summed E-state index contributed by atoms with van der Waals surface area (Å²) < 4.78 is 16.1. The summed E-state index contributed by atoms with van der Waals surface area (Å²) in [4.78, 5) is 11.7. The number of ether oxygens (including phenoxy) is 3. The van der Waals surface area contributed by atoms with Crippen LogP contribution in [0.1, 0.15) is 39.5 Å². The largest absolute Gasteiger partial charge is 0.492 e. The molecule has 2 amide bonds. The van der Waals surface area contributed by atoms with Crippen molar-refractivity contribution < 1.29 is 19.0 Å². The lowest BCUT2D eigenvalue weighted by Gasteiger charge is -2.14. The minimum Gasteiger partial charge on any atom is -0.492 e. The molecule has 2 rings (SSSR count). The summed E-state index contributed by atoms with van der Waals surface area (Å²) in [6.07, 6.45) is 4.55. The molecule has 1 unspecified atom stereocenters. The summed E-state index contributed by atoms with van der Waals surface area (Å²) in [5.41, 5.74) is 0. The Morgan fingerprint density at radius 2 is 2.13 bits per heavy atom. The molecule has 1 atom stereocenters. The Morgan fingerprint density at radius 3 is 2.96 bits per heavy atom. The van der Waals surface area contributed by atoms with Crippen LogP contribution in [0.2, 0.25) is 0 Å². The molecule has 0 aliphatic carbocycles. The number of urea groups is 1. The quantitative estimate of drug-likeness (QED) is 0.686. The van der Waals surface area contributed by atoms with E-state index in [4.69, 9.17) is 14.2 Å². The highest BCUT2D eigenvalue weighted by Gasteiger charge is 2.13. The SMILES string of the molecule is CCCCCC(C)NC(=O)NCCOc1ccc2c(c1)OCO2. The monoisotopic (exact) mass is 322 g/mol. The van der Waals surface area contributed by atoms with Gasteiger partial charge in [-0.25, -0.2) is 4.79 Å². The maximum absolute atomic E-state index is 11.7. The van der Waals surface area contributed by atoms with Crippen molar-refractivity contribution >= 4 is 6.03 Å². The van der Waals surface area contributed by atoms with Gasteiger partial charge in [-0.3, -0.25) is 0 Å². The predicted molar refractivity (Wildman–Crippen MR) is 88.2 cm³/mol. The van der Waals surface area contributed by atoms with Crippen LogP contribution < -0.4 is 24.8 Å². The Balaban J connectivity index is 1.58. The summed E-state index contributed by atoms with van der Waals surface area (Å²) in [5.74, 6) is 2.12. The van der Waals surface area contributed by atoms with Crippen LogP contribution >= 0.6 is 0 Å². The molecule has 1 aliphatic heterocycles. The molecule has 0 bridgehead atoms. The van der Waals surface area contributed by atoms with Gasteiger partial charge in [-0.05, 0) is 25.5 Å². The van der Waals surface area contributed by atoms with E-state index in [0.29, 0.717) is 24.7 Å². The van der Waals surface area contributed by atoms with Crippen LogP contribution in [0.3, 0.4) is 0 Å². The molecule has 128 valence electrons. The summed E-state index contributed by atoms with van der Waals surface area (Å²) in [6.45, 7) is 5.29. The van der Waals surface area contributed by atoms with E-state index in [1.807, 2.05) is 19.1 Å². The van der Waals surface area contributed by atoms with Crippen molar-refractivity contribution in [2.45, 2.75) is 45.6 Å². The number of hydrogen-bond acceptors (Lipinski definition) is 4. The van der Waals surface area contributed by atoms with Gasteiger partial charge in [0.25, 0.3) is 0 Å². The molecule has 1 heterocycles. The topological polar surface area (TPSA) is 68.8 Å². The van der Waals surface area contributed by atoms with Crippen LogP contribution in [0.15, 0.2) is 18.2 Å². The molecule has 0 spiro atoms. The molecular formula is C17H26N2O4. The van der Waals surface area contributed by atoms with Gasteiger partial charge in [0.1, 0.15) is 12.4 Å². The second kappa shape index (κ2) is 9.12. The summed E-state index contributed by atoms with van der Waals surface area (Å²) in [6, 6.07) is 5.47. The summed E-state index contributed by atoms with van der Waals surface area (Å²) in [5, 5.41) is 5.72. The number of nitrogens with one attached hydrogen (secondary N) is 2. The van der Waals surface area contributed by atoms with Gasteiger partial charge in [0.05, 0.1) is 6.54 Å². The zero-order valence-corrected chi connectivity index (χ0v) is 13.9. The Hall–Kier alpha value is -2.11. The number of amides is 2. The number of hydrogen-bond donors (Lipinski definition) is 2. The van der Waals surface area contributed by atoms with Crippen molar-refractivity contribution in [3.8, 4) is 17.2 Å². The van der Waals surface area contributed by atoms with Crippen molar-refractivity contribution in [1.82, 2.24) is 10.6 Å². The van der Waals surface area contributed by atoms with Gasteiger partial charge in [-0.1, -0.05) is 26.2 Å². The number of rotatable bonds is 9. The standard InChI is InChI=1S/C17H26N2O4/c1-3-4-5-6-13(2)19-17(20)18-9-10-21-14-7-8-15-16(11-14)23-12-22-15/h7-8,11,13H,3-6,9-10,12H2,1-2H3,(H2,18,19,20). The van der Waals surface area contributed by atoms with E-state index in [1.165, 1.54) is 12.8 Å². The van der Waals surface area contributed by atoms with Crippen molar-refractivity contribution in [2.75, 3.05) is 19.9 Å². The fraction of sp³-hybridized carbons (Fsp3) is 0.588. The molecule has 0 saturated carbocycles. The molecule has 0 fully saturated rings. The normalized spacial score (nSPS) is 13.5. The smallest absolute Gasteiger partial charge is 0.315 e. The Morgan fingerprint density at radius 1 is 1.30 bits per heavy atom. The van der Waals surface area contributed by atoms with Gasteiger partial charge in [-0.15, -0.1) is 0 Å². The number of carbonyl (C=O) groups is 1. The highest BCUT2D eigenvalue weighted by atomic mass is 16.7. The molecule has 1 aromatic rings. The van der Waals surface area contributed by atoms with Crippen LogP contribution in [0.25, 0.3) is 0 Å². The minimum absolute atomic E-state index is 0.150. The van der Waals surface area contributed by atoms with Crippen LogP contribution in [0.4, 0.5) is 4.79 Å². The molecule has 0 saturated heterocycles. The van der Waals surface area contributed by atoms with E-state index < -0.39 is 0 Å². The molecule has 2 N–H and O–H groups in total. The maximum Gasteiger partial charge on any atom is 0.315 e. The molecular weight excluding hydrogens is 296 g/mol. The van der Waals surface area contributed by atoms with Crippen molar-refractivity contribution in [3.05, 3.63) is 18.2 Å². The zero-order valence-electron chi connectivity index (χ0n) is 13.9. The van der Waals surface area contributed by atoms with Gasteiger partial charge in [-0.2, -0.15) is 0 Å². The lowest BCUT2D eigenvalue weighted by atomic mass is 10.1. The summed E-state index contributed by atoms with van der Waals surface area (Å²) >= 11 is 0. The second-order valence-corrected chi connectivity index (χ2v) is 5.66. The number of benzene rings is 1. The Kier molecular flexibility index (Phi) is 6.84. The van der Waals surface area contributed by atoms with E-state index in [-0.39, 0.29) is 18.9 Å². The highest BCUT2D eigenvalue weighted by Crippen LogP contribution is 2.34. The highest BCUT2D eigenvalue weighted by molar-refractivity contribution is 5.74. The van der Waals surface area contributed by atoms with Crippen molar-refractivity contribution in [1.29, 1.82) is 0 Å². The average Bonchev–Trinajstić information content (AvgIpc) is 2.99. The van der Waals surface area contributed by atoms with Gasteiger partial charge >= 0.3 is 6.03 Å². The maximum atomic E-state index is 11.7. The van der Waals surface area contributed by atoms with E-state index in [1.54, 1.807) is 6.07 Å². The third-order valence-electron chi connectivity index (χ3n) is 3.62. The van der Waals surface area contributed by atoms with Crippen LogP contribution in [-0.4, -0.2) is 32.0 Å². The summed E-state index contributed by atoms with van der Waals surface area (Å²) in [7, 11) is 0. The zero-order chi connectivity index (χ0) is 16.5. The van der Waals surface area contributed by atoms with E-state index in [2.05, 4.69) is 17.6 Å². The van der Waals surface area contributed by atoms with E-state index >= 15 is 0 Å². The first-order valence-electron chi connectivity index (χ1n) is 8.26. The molecule has 1 aromatic carbocycles. The third-order valence-corrected chi connectivity index (χ3v) is 3.62. The number of unbranched alkanes of at least 4 members (excludes halogenated alkanes) is 2. The van der Waals surface area contributed by atoms with Crippen molar-refractivity contribution in [2.24, 2.45) is 0 Å². The lowest BCUT2D eigenvalue weighted by molar-refractivity contribution is 0.173. The van der Waals surface area contributed by atoms with Crippen molar-refractivity contribution in [3.63, 3.8) is 0 Å². The fourth-order valence-electron chi connectivity index (χ4n) is 2.35. The van der Waals surface area contributed by atoms with Gasteiger partial charge in [0.2, 0.25) is 6.79 Å². The average molecular weight is 322 g/mol. The first-order valence-corrected chi connectivity index (χ1v) is 8.26. The van der Waals surface area contributed by atoms with Crippen LogP contribution in [0, 0.1) is 0 Å². The number of carbonyl (C=O) groups excluding carboxylic acids is 1. The Bertz CT molecular complexity index is 507. The molecule has 0 aromatic heterocycles. The lowest BCUT2D eigenvalue weighted by Crippen LogP contribution is -2.42. The number of fused-ring (bicyclic) bond motifs is 1. The second-order valence-electron chi connectivity index (χ2n) is 5.66.